The average molecular weight is 329 g/mol. The Hall–Kier alpha value is 0.1000. The summed E-state index contributed by atoms with van der Waals surface area (Å²) in [5, 5.41) is 3.67. The first-order valence-corrected chi connectivity index (χ1v) is 8.62. The molecule has 0 aliphatic carbocycles. The molecule has 2 nitrogen and oxygen atoms in total. The van der Waals surface area contributed by atoms with Gasteiger partial charge in [0, 0.05) is 17.5 Å². The highest BCUT2D eigenvalue weighted by atomic mass is 79.9. The maximum atomic E-state index is 3.67. The van der Waals surface area contributed by atoms with E-state index in [0.717, 1.165) is 18.5 Å². The molecule has 1 N–H and O–H groups in total. The van der Waals surface area contributed by atoms with Crippen LogP contribution in [-0.2, 0) is 6.54 Å². The number of halogens is 1. The first kappa shape index (κ1) is 13.1. The lowest BCUT2D eigenvalue weighted by Gasteiger charge is -2.34. The molecule has 2 fully saturated rings. The number of nitrogens with zero attached hydrogens (tertiary/aromatic N) is 1. The molecule has 1 aromatic rings. The number of rotatable bonds is 3. The minimum Gasteiger partial charge on any atom is -0.314 e. The summed E-state index contributed by atoms with van der Waals surface area (Å²) in [5.41, 5.74) is 0. The summed E-state index contributed by atoms with van der Waals surface area (Å²) in [5.74, 6) is 0.929. The van der Waals surface area contributed by atoms with Gasteiger partial charge in [0.05, 0.1) is 3.79 Å². The van der Waals surface area contributed by atoms with Crippen LogP contribution in [0.2, 0.25) is 0 Å². The van der Waals surface area contributed by atoms with E-state index < -0.39 is 0 Å². The van der Waals surface area contributed by atoms with E-state index in [9.17, 15) is 0 Å². The van der Waals surface area contributed by atoms with Crippen LogP contribution in [0.4, 0.5) is 0 Å². The second-order valence-corrected chi connectivity index (χ2v) is 8.07. The Bertz CT molecular complexity index is 379. The zero-order valence-electron chi connectivity index (χ0n) is 10.7. The summed E-state index contributed by atoms with van der Waals surface area (Å²) in [6.45, 7) is 4.94. The third-order valence-electron chi connectivity index (χ3n) is 4.31. The molecule has 18 heavy (non-hydrogen) atoms. The van der Waals surface area contributed by atoms with Crippen LogP contribution in [0.1, 0.15) is 30.6 Å². The Labute approximate surface area is 122 Å². The van der Waals surface area contributed by atoms with Gasteiger partial charge < -0.3 is 5.32 Å². The first-order valence-electron chi connectivity index (χ1n) is 7.01. The zero-order valence-corrected chi connectivity index (χ0v) is 13.1. The number of thiophene rings is 1. The second-order valence-electron chi connectivity index (χ2n) is 5.52. The van der Waals surface area contributed by atoms with E-state index in [1.165, 1.54) is 54.0 Å². The molecule has 1 aromatic heterocycles. The van der Waals surface area contributed by atoms with Crippen molar-refractivity contribution in [3.8, 4) is 0 Å². The van der Waals surface area contributed by atoms with Gasteiger partial charge in [0.1, 0.15) is 0 Å². The number of hydrogen-bond donors (Lipinski definition) is 1. The molecule has 0 aromatic carbocycles. The Kier molecular flexibility index (Phi) is 4.39. The third kappa shape index (κ3) is 3.16. The van der Waals surface area contributed by atoms with E-state index in [1.807, 2.05) is 11.3 Å². The quantitative estimate of drug-likeness (QED) is 0.913. The predicted octanol–water partition coefficient (Wildman–Crippen LogP) is 3.47. The van der Waals surface area contributed by atoms with Crippen LogP contribution in [0.15, 0.2) is 15.9 Å². The highest BCUT2D eigenvalue weighted by molar-refractivity contribution is 9.11. The number of likely N-dealkylation sites (tertiary alicyclic amines) is 1. The molecule has 0 radical (unpaired) electrons. The van der Waals surface area contributed by atoms with Gasteiger partial charge in [0.25, 0.3) is 0 Å². The highest BCUT2D eigenvalue weighted by Gasteiger charge is 2.28. The molecule has 3 heterocycles. The van der Waals surface area contributed by atoms with Crippen molar-refractivity contribution in [1.29, 1.82) is 0 Å². The number of nitrogens with one attached hydrogen (secondary N) is 1. The van der Waals surface area contributed by atoms with Crippen LogP contribution in [0.25, 0.3) is 0 Å². The van der Waals surface area contributed by atoms with Crippen molar-refractivity contribution in [2.24, 2.45) is 5.92 Å². The summed E-state index contributed by atoms with van der Waals surface area (Å²) in [6, 6.07) is 5.23. The van der Waals surface area contributed by atoms with Crippen LogP contribution < -0.4 is 5.32 Å². The van der Waals surface area contributed by atoms with E-state index in [1.54, 1.807) is 0 Å². The topological polar surface area (TPSA) is 15.3 Å². The largest absolute Gasteiger partial charge is 0.314 e. The summed E-state index contributed by atoms with van der Waals surface area (Å²) in [7, 11) is 0. The molecule has 2 aliphatic rings. The Morgan fingerprint density at radius 2 is 2.11 bits per heavy atom. The maximum Gasteiger partial charge on any atom is 0.0701 e. The van der Waals surface area contributed by atoms with E-state index >= 15 is 0 Å². The number of piperidine rings is 1. The molecule has 3 rings (SSSR count). The van der Waals surface area contributed by atoms with Gasteiger partial charge in [0.2, 0.25) is 0 Å². The lowest BCUT2D eigenvalue weighted by Crippen LogP contribution is -2.40. The van der Waals surface area contributed by atoms with Gasteiger partial charge in [-0.15, -0.1) is 11.3 Å². The minimum atomic E-state index is 0.822. The molecule has 0 saturated carbocycles. The molecule has 0 bridgehead atoms. The predicted molar refractivity (Wildman–Crippen MR) is 81.0 cm³/mol. The SMILES string of the molecule is Brc1ccc(CN2CCC(C3CCCN3)CC2)s1. The fourth-order valence-electron chi connectivity index (χ4n) is 3.28. The molecule has 4 heteroatoms. The smallest absolute Gasteiger partial charge is 0.0701 e. The molecule has 1 unspecified atom stereocenters. The van der Waals surface area contributed by atoms with Gasteiger partial charge in [-0.2, -0.15) is 0 Å². The molecule has 0 amide bonds. The van der Waals surface area contributed by atoms with Crippen molar-refractivity contribution in [2.45, 2.75) is 38.3 Å². The van der Waals surface area contributed by atoms with Crippen LogP contribution in [0.5, 0.6) is 0 Å². The van der Waals surface area contributed by atoms with E-state index in [0.29, 0.717) is 0 Å². The normalized spacial score (nSPS) is 26.8. The fraction of sp³-hybridized carbons (Fsp3) is 0.714. The second kappa shape index (κ2) is 6.04. The minimum absolute atomic E-state index is 0.822. The van der Waals surface area contributed by atoms with Gasteiger partial charge in [0.15, 0.2) is 0 Å². The molecule has 2 aliphatic heterocycles. The van der Waals surface area contributed by atoms with Gasteiger partial charge in [-0.1, -0.05) is 0 Å². The van der Waals surface area contributed by atoms with Gasteiger partial charge in [-0.05, 0) is 79.3 Å². The van der Waals surface area contributed by atoms with E-state index in [2.05, 4.69) is 38.3 Å². The standard InChI is InChI=1S/C14H21BrN2S/c15-14-4-3-12(18-14)10-17-8-5-11(6-9-17)13-2-1-7-16-13/h3-4,11,13,16H,1-2,5-10H2. The van der Waals surface area contributed by atoms with E-state index in [4.69, 9.17) is 0 Å². The lowest BCUT2D eigenvalue weighted by atomic mass is 9.88. The van der Waals surface area contributed by atoms with Gasteiger partial charge in [-0.25, -0.2) is 0 Å². The van der Waals surface area contributed by atoms with Crippen molar-refractivity contribution in [2.75, 3.05) is 19.6 Å². The highest BCUT2D eigenvalue weighted by Crippen LogP contribution is 2.28. The van der Waals surface area contributed by atoms with Crippen molar-refractivity contribution in [3.05, 3.63) is 20.8 Å². The van der Waals surface area contributed by atoms with Crippen LogP contribution in [0.3, 0.4) is 0 Å². The molecule has 2 saturated heterocycles. The summed E-state index contributed by atoms with van der Waals surface area (Å²) < 4.78 is 1.25. The number of hydrogen-bond acceptors (Lipinski definition) is 3. The van der Waals surface area contributed by atoms with E-state index in [-0.39, 0.29) is 0 Å². The summed E-state index contributed by atoms with van der Waals surface area (Å²) in [4.78, 5) is 4.10. The van der Waals surface area contributed by atoms with Crippen LogP contribution >= 0.6 is 27.3 Å². The summed E-state index contributed by atoms with van der Waals surface area (Å²) >= 11 is 5.41. The van der Waals surface area contributed by atoms with Crippen molar-refractivity contribution in [1.82, 2.24) is 10.2 Å². The monoisotopic (exact) mass is 328 g/mol. The average Bonchev–Trinajstić information content (AvgIpc) is 3.02. The summed E-state index contributed by atoms with van der Waals surface area (Å²) in [6.07, 6.45) is 5.55. The molecular formula is C14H21BrN2S. The molecule has 100 valence electrons. The third-order valence-corrected chi connectivity index (χ3v) is 5.92. The fourth-order valence-corrected chi connectivity index (χ4v) is 4.81. The first-order chi connectivity index (χ1) is 8.81. The molecule has 1 atom stereocenters. The zero-order chi connectivity index (χ0) is 12.4. The van der Waals surface area contributed by atoms with Crippen molar-refractivity contribution < 1.29 is 0 Å². The van der Waals surface area contributed by atoms with Crippen molar-refractivity contribution in [3.63, 3.8) is 0 Å². The van der Waals surface area contributed by atoms with Crippen molar-refractivity contribution >= 4 is 27.3 Å². The Morgan fingerprint density at radius 3 is 2.72 bits per heavy atom. The molecule has 0 spiro atoms. The Morgan fingerprint density at radius 1 is 1.28 bits per heavy atom. The lowest BCUT2D eigenvalue weighted by molar-refractivity contribution is 0.158. The Balaban J connectivity index is 1.47. The van der Waals surface area contributed by atoms with Gasteiger partial charge in [-0.3, -0.25) is 4.90 Å². The van der Waals surface area contributed by atoms with Gasteiger partial charge >= 0.3 is 0 Å². The maximum absolute atomic E-state index is 3.67. The van der Waals surface area contributed by atoms with Crippen LogP contribution in [-0.4, -0.2) is 30.6 Å². The molecular weight excluding hydrogens is 308 g/mol. The van der Waals surface area contributed by atoms with Crippen LogP contribution in [0, 0.1) is 5.92 Å².